The van der Waals surface area contributed by atoms with Gasteiger partial charge in [-0.3, -0.25) is 9.78 Å². The third-order valence-corrected chi connectivity index (χ3v) is 4.41. The van der Waals surface area contributed by atoms with Gasteiger partial charge in [-0.2, -0.15) is 0 Å². The summed E-state index contributed by atoms with van der Waals surface area (Å²) in [6.07, 6.45) is 3.32. The Balaban J connectivity index is 1.86. The normalized spacial score (nSPS) is 18.5. The molecule has 1 amide bonds. The summed E-state index contributed by atoms with van der Waals surface area (Å²) in [5, 5.41) is 0.119. The van der Waals surface area contributed by atoms with Gasteiger partial charge in [0.25, 0.3) is 5.91 Å². The molecule has 0 bridgehead atoms. The largest absolute Gasteiger partial charge is 0.322 e. The van der Waals surface area contributed by atoms with E-state index >= 15 is 0 Å². The smallest absolute Gasteiger partial charge is 0.256 e. The summed E-state index contributed by atoms with van der Waals surface area (Å²) in [5.41, 5.74) is 1.84. The lowest BCUT2D eigenvalue weighted by Gasteiger charge is -2.24. The van der Waals surface area contributed by atoms with Crippen molar-refractivity contribution < 1.29 is 4.79 Å². The van der Waals surface area contributed by atoms with Gasteiger partial charge in [0.1, 0.15) is 5.37 Å². The molecule has 0 spiro atoms. The van der Waals surface area contributed by atoms with Crippen LogP contribution in [-0.2, 0) is 0 Å². The Morgan fingerprint density at radius 2 is 2.05 bits per heavy atom. The van der Waals surface area contributed by atoms with E-state index < -0.39 is 0 Å². The zero-order chi connectivity index (χ0) is 13.1. The minimum Gasteiger partial charge on any atom is -0.322 e. The highest BCUT2D eigenvalue weighted by molar-refractivity contribution is 7.99. The molecule has 96 valence electrons. The highest BCUT2D eigenvalue weighted by atomic mass is 32.2. The van der Waals surface area contributed by atoms with Crippen molar-refractivity contribution in [1.29, 1.82) is 0 Å². The SMILES string of the molecule is O=C(c1cccnc1)N1CCS[C@H]1c1ccccc1. The number of benzene rings is 1. The van der Waals surface area contributed by atoms with E-state index in [1.165, 1.54) is 5.56 Å². The van der Waals surface area contributed by atoms with Crippen molar-refractivity contribution in [3.05, 3.63) is 66.0 Å². The predicted octanol–water partition coefficient (Wildman–Crippen LogP) is 2.97. The lowest BCUT2D eigenvalue weighted by atomic mass is 10.2. The summed E-state index contributed by atoms with van der Waals surface area (Å²) < 4.78 is 0. The van der Waals surface area contributed by atoms with E-state index in [4.69, 9.17) is 0 Å². The number of nitrogens with zero attached hydrogens (tertiary/aromatic N) is 2. The first kappa shape index (κ1) is 12.2. The van der Waals surface area contributed by atoms with Crippen molar-refractivity contribution in [3.63, 3.8) is 0 Å². The molecular formula is C15H14N2OS. The van der Waals surface area contributed by atoms with E-state index in [9.17, 15) is 4.79 Å². The second-order valence-corrected chi connectivity index (χ2v) is 5.56. The van der Waals surface area contributed by atoms with Gasteiger partial charge in [-0.15, -0.1) is 11.8 Å². The molecule has 1 aliphatic rings. The number of hydrogen-bond donors (Lipinski definition) is 0. The molecule has 1 aromatic heterocycles. The van der Waals surface area contributed by atoms with Crippen LogP contribution in [0.25, 0.3) is 0 Å². The number of carbonyl (C=O) groups is 1. The van der Waals surface area contributed by atoms with Crippen LogP contribution >= 0.6 is 11.8 Å². The summed E-state index contributed by atoms with van der Waals surface area (Å²) >= 11 is 1.81. The van der Waals surface area contributed by atoms with Crippen LogP contribution in [0.2, 0.25) is 0 Å². The lowest BCUT2D eigenvalue weighted by molar-refractivity contribution is 0.0760. The van der Waals surface area contributed by atoms with Crippen LogP contribution in [0, 0.1) is 0 Å². The Bertz CT molecular complexity index is 559. The number of rotatable bonds is 2. The number of hydrogen-bond acceptors (Lipinski definition) is 3. The highest BCUT2D eigenvalue weighted by Crippen LogP contribution is 2.38. The summed E-state index contributed by atoms with van der Waals surface area (Å²) in [7, 11) is 0. The van der Waals surface area contributed by atoms with Gasteiger partial charge < -0.3 is 4.90 Å². The van der Waals surface area contributed by atoms with Gasteiger partial charge in [0, 0.05) is 24.7 Å². The van der Waals surface area contributed by atoms with Gasteiger partial charge in [-0.25, -0.2) is 0 Å². The van der Waals surface area contributed by atoms with Crippen LogP contribution < -0.4 is 0 Å². The third kappa shape index (κ3) is 2.49. The number of aromatic nitrogens is 1. The van der Waals surface area contributed by atoms with E-state index in [-0.39, 0.29) is 11.3 Å². The molecule has 1 fully saturated rings. The van der Waals surface area contributed by atoms with Crippen LogP contribution in [0.3, 0.4) is 0 Å². The minimum absolute atomic E-state index is 0.0620. The zero-order valence-corrected chi connectivity index (χ0v) is 11.2. The summed E-state index contributed by atoms with van der Waals surface area (Å²) in [4.78, 5) is 18.5. The van der Waals surface area contributed by atoms with Gasteiger partial charge in [0.15, 0.2) is 0 Å². The molecule has 0 N–H and O–H groups in total. The molecule has 1 aromatic carbocycles. The molecule has 1 saturated heterocycles. The zero-order valence-electron chi connectivity index (χ0n) is 10.4. The van der Waals surface area contributed by atoms with E-state index in [0.29, 0.717) is 5.56 Å². The standard InChI is InChI=1S/C15H14N2OS/c18-14(13-7-4-8-16-11-13)17-9-10-19-15(17)12-5-2-1-3-6-12/h1-8,11,15H,9-10H2/t15-/m0/s1. The summed E-state index contributed by atoms with van der Waals surface area (Å²) in [6.45, 7) is 0.790. The first-order chi connectivity index (χ1) is 9.36. The molecule has 0 saturated carbocycles. The fraction of sp³-hybridized carbons (Fsp3) is 0.200. The monoisotopic (exact) mass is 270 g/mol. The number of carbonyl (C=O) groups excluding carboxylic acids is 1. The van der Waals surface area contributed by atoms with Crippen LogP contribution in [0.5, 0.6) is 0 Å². The lowest BCUT2D eigenvalue weighted by Crippen LogP contribution is -2.30. The van der Waals surface area contributed by atoms with Gasteiger partial charge in [0.05, 0.1) is 5.56 Å². The van der Waals surface area contributed by atoms with E-state index in [1.54, 1.807) is 18.5 Å². The van der Waals surface area contributed by atoms with Crippen LogP contribution in [0.1, 0.15) is 21.3 Å². The minimum atomic E-state index is 0.0620. The highest BCUT2D eigenvalue weighted by Gasteiger charge is 2.31. The molecule has 0 radical (unpaired) electrons. The third-order valence-electron chi connectivity index (χ3n) is 3.15. The Morgan fingerprint density at radius 3 is 2.79 bits per heavy atom. The first-order valence-electron chi connectivity index (χ1n) is 6.24. The number of thioether (sulfide) groups is 1. The van der Waals surface area contributed by atoms with Crippen molar-refractivity contribution in [3.8, 4) is 0 Å². The van der Waals surface area contributed by atoms with Crippen molar-refractivity contribution >= 4 is 17.7 Å². The number of pyridine rings is 1. The molecular weight excluding hydrogens is 256 g/mol. The molecule has 0 aliphatic carbocycles. The summed E-state index contributed by atoms with van der Waals surface area (Å²) in [6, 6.07) is 13.8. The van der Waals surface area contributed by atoms with Crippen molar-refractivity contribution in [2.75, 3.05) is 12.3 Å². The predicted molar refractivity (Wildman–Crippen MR) is 76.9 cm³/mol. The van der Waals surface area contributed by atoms with Crippen molar-refractivity contribution in [2.45, 2.75) is 5.37 Å². The molecule has 1 atom stereocenters. The first-order valence-corrected chi connectivity index (χ1v) is 7.29. The Morgan fingerprint density at radius 1 is 1.21 bits per heavy atom. The van der Waals surface area contributed by atoms with E-state index in [1.807, 2.05) is 40.9 Å². The van der Waals surface area contributed by atoms with Gasteiger partial charge in [-0.05, 0) is 17.7 Å². The van der Waals surface area contributed by atoms with Gasteiger partial charge in [-0.1, -0.05) is 30.3 Å². The van der Waals surface area contributed by atoms with Crippen LogP contribution in [0.15, 0.2) is 54.9 Å². The number of amides is 1. The molecule has 3 rings (SSSR count). The topological polar surface area (TPSA) is 33.2 Å². The fourth-order valence-corrected chi connectivity index (χ4v) is 3.48. The average Bonchev–Trinajstić information content (AvgIpc) is 2.98. The van der Waals surface area contributed by atoms with Gasteiger partial charge in [0.2, 0.25) is 0 Å². The average molecular weight is 270 g/mol. The maximum Gasteiger partial charge on any atom is 0.256 e. The molecule has 19 heavy (non-hydrogen) atoms. The quantitative estimate of drug-likeness (QED) is 0.841. The van der Waals surface area contributed by atoms with E-state index in [0.717, 1.165) is 12.3 Å². The second-order valence-electron chi connectivity index (χ2n) is 4.37. The van der Waals surface area contributed by atoms with Crippen LogP contribution in [-0.4, -0.2) is 28.1 Å². The summed E-state index contributed by atoms with van der Waals surface area (Å²) in [5.74, 6) is 1.04. The molecule has 2 aromatic rings. The van der Waals surface area contributed by atoms with Crippen molar-refractivity contribution in [1.82, 2.24) is 9.88 Å². The maximum atomic E-state index is 12.5. The fourth-order valence-electron chi connectivity index (χ4n) is 2.23. The Hall–Kier alpha value is -1.81. The van der Waals surface area contributed by atoms with Crippen molar-refractivity contribution in [2.24, 2.45) is 0 Å². The molecule has 3 nitrogen and oxygen atoms in total. The Labute approximate surface area is 116 Å². The molecule has 4 heteroatoms. The Kier molecular flexibility index (Phi) is 3.51. The van der Waals surface area contributed by atoms with E-state index in [2.05, 4.69) is 17.1 Å². The van der Waals surface area contributed by atoms with Gasteiger partial charge >= 0.3 is 0 Å². The maximum absolute atomic E-state index is 12.5. The molecule has 0 unspecified atom stereocenters. The second kappa shape index (κ2) is 5.45. The van der Waals surface area contributed by atoms with Crippen LogP contribution in [0.4, 0.5) is 0 Å². The molecule has 2 heterocycles. The molecule has 1 aliphatic heterocycles.